The lowest BCUT2D eigenvalue weighted by atomic mass is 10.3. The summed E-state index contributed by atoms with van der Waals surface area (Å²) in [5.41, 5.74) is 1.05. The Morgan fingerprint density at radius 3 is 3.00 bits per heavy atom. The Morgan fingerprint density at radius 1 is 1.40 bits per heavy atom. The van der Waals surface area contributed by atoms with E-state index < -0.39 is 0 Å². The summed E-state index contributed by atoms with van der Waals surface area (Å²) in [4.78, 5) is 10.6. The van der Waals surface area contributed by atoms with Crippen molar-refractivity contribution in [2.75, 3.05) is 11.9 Å². The third kappa shape index (κ3) is 2.76. The fourth-order valence-corrected chi connectivity index (χ4v) is 3.15. The maximum Gasteiger partial charge on any atom is 0.225 e. The number of fused-ring (bicyclic) bond motifs is 1. The molecule has 0 radical (unpaired) electrons. The van der Waals surface area contributed by atoms with Crippen LogP contribution in [0.25, 0.3) is 10.2 Å². The van der Waals surface area contributed by atoms with E-state index in [1.54, 1.807) is 16.0 Å². The Bertz CT molecular complexity index is 748. The Kier molecular flexibility index (Phi) is 3.58. The molecule has 0 saturated heterocycles. The van der Waals surface area contributed by atoms with Crippen LogP contribution in [-0.4, -0.2) is 26.3 Å². The summed E-state index contributed by atoms with van der Waals surface area (Å²) >= 11 is 7.58. The first-order chi connectivity index (χ1) is 9.61. The minimum atomic E-state index is 0.277. The maximum absolute atomic E-state index is 5.96. The van der Waals surface area contributed by atoms with Crippen molar-refractivity contribution in [2.45, 2.75) is 13.3 Å². The highest BCUT2D eigenvalue weighted by molar-refractivity contribution is 7.18. The summed E-state index contributed by atoms with van der Waals surface area (Å²) in [7, 11) is 1.92. The van der Waals surface area contributed by atoms with Crippen LogP contribution in [0, 0.1) is 6.92 Å². The minimum absolute atomic E-state index is 0.277. The first-order valence-electron chi connectivity index (χ1n) is 6.28. The van der Waals surface area contributed by atoms with Crippen molar-refractivity contribution in [1.29, 1.82) is 0 Å². The zero-order chi connectivity index (χ0) is 14.1. The zero-order valence-electron chi connectivity index (χ0n) is 11.2. The fraction of sp³-hybridized carbons (Fsp3) is 0.308. The minimum Gasteiger partial charge on any atom is -0.369 e. The van der Waals surface area contributed by atoms with Crippen LogP contribution in [0.3, 0.4) is 0 Å². The number of rotatable bonds is 4. The summed E-state index contributed by atoms with van der Waals surface area (Å²) in [6.45, 7) is 2.81. The number of nitrogens with one attached hydrogen (secondary N) is 1. The molecule has 3 aromatic rings. The highest BCUT2D eigenvalue weighted by atomic mass is 35.5. The third-order valence-electron chi connectivity index (χ3n) is 2.93. The zero-order valence-corrected chi connectivity index (χ0v) is 12.8. The van der Waals surface area contributed by atoms with E-state index in [0.29, 0.717) is 0 Å². The van der Waals surface area contributed by atoms with Gasteiger partial charge in [0.2, 0.25) is 5.28 Å². The molecule has 0 fully saturated rings. The monoisotopic (exact) mass is 307 g/mol. The second-order valence-electron chi connectivity index (χ2n) is 4.57. The molecule has 0 bridgehead atoms. The summed E-state index contributed by atoms with van der Waals surface area (Å²) in [5, 5.41) is 8.97. The normalized spacial score (nSPS) is 11.2. The van der Waals surface area contributed by atoms with Gasteiger partial charge in [0.1, 0.15) is 10.6 Å². The van der Waals surface area contributed by atoms with E-state index in [1.807, 2.05) is 19.3 Å². The Morgan fingerprint density at radius 2 is 2.25 bits per heavy atom. The number of halogens is 1. The second-order valence-corrected chi connectivity index (χ2v) is 6.15. The average Bonchev–Trinajstić information content (AvgIpc) is 2.94. The molecule has 3 rings (SSSR count). The molecule has 3 heterocycles. The standard InChI is InChI=1S/C13H14ClN5S/c1-8-7-10-11(16-13(14)17-12(10)20-8)15-5-3-9-4-6-19(2)18-9/h4,6-7H,3,5H2,1-2H3,(H,15,16,17). The largest absolute Gasteiger partial charge is 0.369 e. The molecule has 0 aliphatic carbocycles. The molecule has 0 atom stereocenters. The fourth-order valence-electron chi connectivity index (χ4n) is 2.06. The van der Waals surface area contributed by atoms with E-state index in [4.69, 9.17) is 11.6 Å². The molecule has 7 heteroatoms. The molecule has 0 saturated carbocycles. The summed E-state index contributed by atoms with van der Waals surface area (Å²) < 4.78 is 1.80. The molecule has 1 N–H and O–H groups in total. The number of nitrogens with zero attached hydrogens (tertiary/aromatic N) is 4. The van der Waals surface area contributed by atoms with Gasteiger partial charge in [-0.15, -0.1) is 11.3 Å². The predicted octanol–water partition coefficient (Wildman–Crippen LogP) is 3.04. The lowest BCUT2D eigenvalue weighted by Crippen LogP contribution is -2.07. The van der Waals surface area contributed by atoms with Crippen LogP contribution in [0.4, 0.5) is 5.82 Å². The quantitative estimate of drug-likeness (QED) is 0.753. The second kappa shape index (κ2) is 5.38. The third-order valence-corrected chi connectivity index (χ3v) is 4.04. The molecule has 104 valence electrons. The van der Waals surface area contributed by atoms with Gasteiger partial charge in [-0.1, -0.05) is 0 Å². The predicted molar refractivity (Wildman–Crippen MR) is 82.6 cm³/mol. The van der Waals surface area contributed by atoms with Crippen molar-refractivity contribution in [1.82, 2.24) is 19.7 Å². The van der Waals surface area contributed by atoms with Crippen LogP contribution < -0.4 is 5.32 Å². The van der Waals surface area contributed by atoms with Gasteiger partial charge in [0.05, 0.1) is 11.1 Å². The van der Waals surface area contributed by atoms with Crippen molar-refractivity contribution in [2.24, 2.45) is 7.05 Å². The van der Waals surface area contributed by atoms with Crippen molar-refractivity contribution in [3.05, 3.63) is 34.2 Å². The molecule has 0 aliphatic heterocycles. The Labute approximate surface area is 125 Å². The molecular weight excluding hydrogens is 294 g/mol. The molecule has 0 aliphatic rings. The summed E-state index contributed by atoms with van der Waals surface area (Å²) in [5.74, 6) is 0.792. The van der Waals surface area contributed by atoms with Crippen LogP contribution in [0.15, 0.2) is 18.3 Å². The molecule has 20 heavy (non-hydrogen) atoms. The molecular formula is C13H14ClN5S. The van der Waals surface area contributed by atoms with Gasteiger partial charge in [-0.05, 0) is 30.7 Å². The van der Waals surface area contributed by atoms with Crippen LogP contribution in [0.1, 0.15) is 10.6 Å². The maximum atomic E-state index is 5.96. The smallest absolute Gasteiger partial charge is 0.225 e. The van der Waals surface area contributed by atoms with Crippen molar-refractivity contribution >= 4 is 39.0 Å². The molecule has 0 unspecified atom stereocenters. The van der Waals surface area contributed by atoms with Crippen molar-refractivity contribution < 1.29 is 0 Å². The van der Waals surface area contributed by atoms with Gasteiger partial charge >= 0.3 is 0 Å². The van der Waals surface area contributed by atoms with Crippen LogP contribution >= 0.6 is 22.9 Å². The number of aromatic nitrogens is 4. The van der Waals surface area contributed by atoms with E-state index >= 15 is 0 Å². The van der Waals surface area contributed by atoms with Gasteiger partial charge in [-0.3, -0.25) is 4.68 Å². The number of anilines is 1. The molecule has 5 nitrogen and oxygen atoms in total. The number of aryl methyl sites for hydroxylation is 2. The number of hydrogen-bond acceptors (Lipinski definition) is 5. The van der Waals surface area contributed by atoms with Gasteiger partial charge in [-0.25, -0.2) is 9.97 Å². The summed E-state index contributed by atoms with van der Waals surface area (Å²) in [6.07, 6.45) is 2.78. The molecule has 0 amide bonds. The number of hydrogen-bond donors (Lipinski definition) is 1. The van der Waals surface area contributed by atoms with Crippen LogP contribution in [0.2, 0.25) is 5.28 Å². The van der Waals surface area contributed by atoms with Gasteiger partial charge in [0.15, 0.2) is 0 Å². The molecule has 0 aromatic carbocycles. The van der Waals surface area contributed by atoms with Crippen molar-refractivity contribution in [3.8, 4) is 0 Å². The summed E-state index contributed by atoms with van der Waals surface area (Å²) in [6, 6.07) is 4.10. The first kappa shape index (κ1) is 13.3. The van der Waals surface area contributed by atoms with Gasteiger partial charge in [0.25, 0.3) is 0 Å². The van der Waals surface area contributed by atoms with Crippen LogP contribution in [0.5, 0.6) is 0 Å². The topological polar surface area (TPSA) is 55.6 Å². The van der Waals surface area contributed by atoms with E-state index in [-0.39, 0.29) is 5.28 Å². The van der Waals surface area contributed by atoms with E-state index in [1.165, 1.54) is 4.88 Å². The van der Waals surface area contributed by atoms with Gasteiger partial charge in [-0.2, -0.15) is 5.10 Å². The number of thiophene rings is 1. The highest BCUT2D eigenvalue weighted by Gasteiger charge is 2.09. The van der Waals surface area contributed by atoms with E-state index in [9.17, 15) is 0 Å². The first-order valence-corrected chi connectivity index (χ1v) is 7.47. The lowest BCUT2D eigenvalue weighted by molar-refractivity contribution is 0.742. The Balaban J connectivity index is 1.76. The average molecular weight is 308 g/mol. The SMILES string of the molecule is Cc1cc2c(NCCc3ccn(C)n3)nc(Cl)nc2s1. The van der Waals surface area contributed by atoms with E-state index in [0.717, 1.165) is 34.7 Å². The van der Waals surface area contributed by atoms with Gasteiger partial charge < -0.3 is 5.32 Å². The van der Waals surface area contributed by atoms with Crippen LogP contribution in [-0.2, 0) is 13.5 Å². The van der Waals surface area contributed by atoms with E-state index in [2.05, 4.69) is 33.4 Å². The highest BCUT2D eigenvalue weighted by Crippen LogP contribution is 2.29. The lowest BCUT2D eigenvalue weighted by Gasteiger charge is -2.05. The molecule has 3 aromatic heterocycles. The Hall–Kier alpha value is -1.66. The van der Waals surface area contributed by atoms with Gasteiger partial charge in [0, 0.05) is 31.1 Å². The van der Waals surface area contributed by atoms with Crippen molar-refractivity contribution in [3.63, 3.8) is 0 Å². The molecule has 0 spiro atoms.